The van der Waals surface area contributed by atoms with Crippen molar-refractivity contribution in [2.45, 2.75) is 6.10 Å². The molecule has 0 atom stereocenters. The zero-order chi connectivity index (χ0) is 10.1. The second-order valence-electron chi connectivity index (χ2n) is 3.53. The first-order valence-corrected chi connectivity index (χ1v) is 4.56. The fourth-order valence-electron chi connectivity index (χ4n) is 1.47. The maximum atomic E-state index is 11.7. The van der Waals surface area contributed by atoms with Gasteiger partial charge in [0, 0.05) is 7.11 Å². The normalized spacial score (nSPS) is 16.9. The maximum Gasteiger partial charge on any atom is 0.415 e. The predicted octanol–water partition coefficient (Wildman–Crippen LogP) is -0.389. The molecule has 0 unspecified atom stereocenters. The summed E-state index contributed by atoms with van der Waals surface area (Å²) in [7, 11) is 3.56. The molecule has 1 fully saturated rings. The van der Waals surface area contributed by atoms with E-state index in [0.29, 0.717) is 13.1 Å². The first kappa shape index (κ1) is 9.21. The summed E-state index contributed by atoms with van der Waals surface area (Å²) in [5.41, 5.74) is 0. The molecule has 14 heavy (non-hydrogen) atoms. The molecule has 1 aliphatic heterocycles. The van der Waals surface area contributed by atoms with Gasteiger partial charge >= 0.3 is 6.03 Å². The Hall–Kier alpha value is -1.36. The number of aryl methyl sites for hydroxylation is 1. The highest BCUT2D eigenvalue weighted by Gasteiger charge is 2.33. The van der Waals surface area contributed by atoms with Gasteiger partial charge in [0.15, 0.2) is 0 Å². The Bertz CT molecular complexity index is 342. The Balaban J connectivity index is 1.97. The third kappa shape index (κ3) is 1.50. The first-order valence-electron chi connectivity index (χ1n) is 4.56. The molecule has 0 aliphatic carbocycles. The standard InChI is InChI=1S/C9H14N3O2/c1-10-3-4-11(7-10)9(13)12-5-8(6-12)14-2/h3-4,7-8H,5-6H2,1-2H3/q+1. The van der Waals surface area contributed by atoms with Crippen molar-refractivity contribution in [3.8, 4) is 0 Å². The molecule has 1 aromatic heterocycles. The second-order valence-corrected chi connectivity index (χ2v) is 3.53. The SMILES string of the molecule is COC1CN(C(=O)n2cc[n+](C)c2)C1. The number of rotatable bonds is 1. The highest BCUT2D eigenvalue weighted by molar-refractivity contribution is 5.77. The molecule has 5 nitrogen and oxygen atoms in total. The van der Waals surface area contributed by atoms with Gasteiger partial charge in [0.2, 0.25) is 0 Å². The number of carbonyl (C=O) groups excluding carboxylic acids is 1. The number of ether oxygens (including phenoxy) is 1. The lowest BCUT2D eigenvalue weighted by Gasteiger charge is -2.35. The largest absolute Gasteiger partial charge is 0.415 e. The van der Waals surface area contributed by atoms with Crippen molar-refractivity contribution in [2.75, 3.05) is 20.2 Å². The van der Waals surface area contributed by atoms with E-state index in [2.05, 4.69) is 0 Å². The topological polar surface area (TPSA) is 38.4 Å². The number of nitrogens with zero attached hydrogens (tertiary/aromatic N) is 3. The van der Waals surface area contributed by atoms with Gasteiger partial charge in [-0.1, -0.05) is 0 Å². The van der Waals surface area contributed by atoms with Crippen molar-refractivity contribution < 1.29 is 14.1 Å². The van der Waals surface area contributed by atoms with Crippen LogP contribution in [0.25, 0.3) is 0 Å². The van der Waals surface area contributed by atoms with Gasteiger partial charge in [0.25, 0.3) is 6.33 Å². The quantitative estimate of drug-likeness (QED) is 0.574. The van der Waals surface area contributed by atoms with Crippen LogP contribution in [0.15, 0.2) is 18.7 Å². The van der Waals surface area contributed by atoms with Gasteiger partial charge in [0.1, 0.15) is 12.4 Å². The number of aromatic nitrogens is 2. The Labute approximate surface area is 82.5 Å². The van der Waals surface area contributed by atoms with E-state index >= 15 is 0 Å². The molecule has 5 heteroatoms. The van der Waals surface area contributed by atoms with Crippen molar-refractivity contribution in [3.63, 3.8) is 0 Å². The lowest BCUT2D eigenvalue weighted by Crippen LogP contribution is -2.55. The Kier molecular flexibility index (Phi) is 2.25. The van der Waals surface area contributed by atoms with Crippen LogP contribution in [0.5, 0.6) is 0 Å². The molecule has 76 valence electrons. The van der Waals surface area contributed by atoms with E-state index in [1.807, 2.05) is 17.8 Å². The molecule has 1 saturated heterocycles. The molecule has 0 radical (unpaired) electrons. The molecule has 1 amide bonds. The van der Waals surface area contributed by atoms with Gasteiger partial charge in [-0.05, 0) is 0 Å². The Morgan fingerprint density at radius 3 is 2.79 bits per heavy atom. The van der Waals surface area contributed by atoms with Crippen molar-refractivity contribution >= 4 is 6.03 Å². The molecule has 2 heterocycles. The lowest BCUT2D eigenvalue weighted by molar-refractivity contribution is -0.670. The van der Waals surface area contributed by atoms with E-state index in [1.54, 1.807) is 29.1 Å². The maximum absolute atomic E-state index is 11.7. The van der Waals surface area contributed by atoms with E-state index in [1.165, 1.54) is 0 Å². The fraction of sp³-hybridized carbons (Fsp3) is 0.556. The third-order valence-electron chi connectivity index (χ3n) is 2.44. The van der Waals surface area contributed by atoms with Crippen LogP contribution in [0.4, 0.5) is 4.79 Å². The van der Waals surface area contributed by atoms with Crippen LogP contribution in [0, 0.1) is 0 Å². The lowest BCUT2D eigenvalue weighted by atomic mass is 10.2. The minimum absolute atomic E-state index is 0.0129. The van der Waals surface area contributed by atoms with Crippen LogP contribution >= 0.6 is 0 Å². The molecule has 2 rings (SSSR count). The second kappa shape index (κ2) is 3.42. The summed E-state index contributed by atoms with van der Waals surface area (Å²) >= 11 is 0. The van der Waals surface area contributed by atoms with Gasteiger partial charge in [-0.2, -0.15) is 4.57 Å². The number of methoxy groups -OCH3 is 1. The zero-order valence-corrected chi connectivity index (χ0v) is 8.38. The summed E-state index contributed by atoms with van der Waals surface area (Å²) in [6, 6.07) is 0.0129. The summed E-state index contributed by atoms with van der Waals surface area (Å²) in [5.74, 6) is 0. The number of hydrogen-bond donors (Lipinski definition) is 0. The fourth-order valence-corrected chi connectivity index (χ4v) is 1.47. The highest BCUT2D eigenvalue weighted by Crippen LogP contribution is 2.11. The molecular weight excluding hydrogens is 182 g/mol. The van der Waals surface area contributed by atoms with E-state index in [0.717, 1.165) is 0 Å². The van der Waals surface area contributed by atoms with Gasteiger partial charge < -0.3 is 4.74 Å². The third-order valence-corrected chi connectivity index (χ3v) is 2.44. The number of amides is 1. The summed E-state index contributed by atoms with van der Waals surface area (Å²) in [6.07, 6.45) is 5.56. The van der Waals surface area contributed by atoms with Crippen molar-refractivity contribution in [1.82, 2.24) is 9.47 Å². The predicted molar refractivity (Wildman–Crippen MR) is 48.8 cm³/mol. The summed E-state index contributed by atoms with van der Waals surface area (Å²) < 4.78 is 8.51. The molecule has 1 aliphatic rings. The van der Waals surface area contributed by atoms with Gasteiger partial charge in [-0.3, -0.25) is 4.90 Å². The molecular formula is C9H14N3O2+. The number of imidazole rings is 1. The van der Waals surface area contributed by atoms with E-state index in [9.17, 15) is 4.79 Å². The van der Waals surface area contributed by atoms with Crippen molar-refractivity contribution in [2.24, 2.45) is 7.05 Å². The average molecular weight is 196 g/mol. The van der Waals surface area contributed by atoms with Crippen LogP contribution < -0.4 is 4.57 Å². The van der Waals surface area contributed by atoms with E-state index in [4.69, 9.17) is 4.74 Å². The summed E-state index contributed by atoms with van der Waals surface area (Å²) in [6.45, 7) is 1.38. The van der Waals surface area contributed by atoms with Crippen LogP contribution in [0.3, 0.4) is 0 Å². The average Bonchev–Trinajstić information content (AvgIpc) is 2.49. The number of carbonyl (C=O) groups is 1. The minimum atomic E-state index is 0.0129. The highest BCUT2D eigenvalue weighted by atomic mass is 16.5. The van der Waals surface area contributed by atoms with E-state index < -0.39 is 0 Å². The van der Waals surface area contributed by atoms with Gasteiger partial charge in [-0.15, -0.1) is 0 Å². The van der Waals surface area contributed by atoms with E-state index in [-0.39, 0.29) is 12.1 Å². The summed E-state index contributed by atoms with van der Waals surface area (Å²) in [5, 5.41) is 0. The minimum Gasteiger partial charge on any atom is -0.378 e. The Morgan fingerprint density at radius 1 is 1.57 bits per heavy atom. The van der Waals surface area contributed by atoms with Crippen molar-refractivity contribution in [1.29, 1.82) is 0 Å². The Morgan fingerprint density at radius 2 is 2.29 bits per heavy atom. The molecule has 0 saturated carbocycles. The van der Waals surface area contributed by atoms with Gasteiger partial charge in [-0.25, -0.2) is 9.36 Å². The van der Waals surface area contributed by atoms with Crippen LogP contribution in [0.2, 0.25) is 0 Å². The molecule has 0 N–H and O–H groups in total. The molecule has 1 aromatic rings. The van der Waals surface area contributed by atoms with Crippen molar-refractivity contribution in [3.05, 3.63) is 18.7 Å². The monoisotopic (exact) mass is 196 g/mol. The van der Waals surface area contributed by atoms with Gasteiger partial charge in [0.05, 0.1) is 26.2 Å². The van der Waals surface area contributed by atoms with Crippen LogP contribution in [0.1, 0.15) is 0 Å². The number of likely N-dealkylation sites (tertiary alicyclic amines) is 1. The summed E-state index contributed by atoms with van der Waals surface area (Å²) in [4.78, 5) is 13.5. The molecule has 0 aromatic carbocycles. The first-order chi connectivity index (χ1) is 6.70. The molecule has 0 bridgehead atoms. The van der Waals surface area contributed by atoms with Crippen LogP contribution in [-0.2, 0) is 11.8 Å². The zero-order valence-electron chi connectivity index (χ0n) is 8.38. The molecule has 0 spiro atoms. The van der Waals surface area contributed by atoms with Crippen LogP contribution in [-0.4, -0.2) is 41.8 Å². The smallest absolute Gasteiger partial charge is 0.378 e. The number of hydrogen-bond acceptors (Lipinski definition) is 2.